The van der Waals surface area contributed by atoms with Crippen molar-refractivity contribution in [1.82, 2.24) is 9.21 Å². The zero-order chi connectivity index (χ0) is 20.3. The first kappa shape index (κ1) is 19.9. The molecule has 154 valence electrons. The molecular formula is C20H22N2O5S2. The number of nitrogens with zero attached hydrogens (tertiary/aromatic N) is 2. The molecule has 0 bridgehead atoms. The molecule has 1 amide bonds. The van der Waals surface area contributed by atoms with Gasteiger partial charge < -0.3 is 13.7 Å². The lowest BCUT2D eigenvalue weighted by Crippen LogP contribution is -2.31. The Labute approximate surface area is 173 Å². The highest BCUT2D eigenvalue weighted by Crippen LogP contribution is 2.28. The van der Waals surface area contributed by atoms with Crippen molar-refractivity contribution in [2.75, 3.05) is 13.1 Å². The third-order valence-corrected chi connectivity index (χ3v) is 8.28. The monoisotopic (exact) mass is 434 g/mol. The van der Waals surface area contributed by atoms with Gasteiger partial charge in [-0.1, -0.05) is 0 Å². The second-order valence-electron chi connectivity index (χ2n) is 6.92. The minimum atomic E-state index is -3.46. The Hall–Kier alpha value is -2.36. The van der Waals surface area contributed by atoms with E-state index in [4.69, 9.17) is 8.83 Å². The molecule has 7 nitrogen and oxygen atoms in total. The Morgan fingerprint density at radius 2 is 1.62 bits per heavy atom. The van der Waals surface area contributed by atoms with Gasteiger partial charge in [-0.2, -0.15) is 4.31 Å². The van der Waals surface area contributed by atoms with E-state index in [1.165, 1.54) is 4.31 Å². The molecule has 0 spiro atoms. The molecule has 0 saturated carbocycles. The standard InChI is InChI=1S/C20H22N2O5S2/c23-19(21(14-16-5-3-11-26-16)15-17-6-4-12-27-17)13-18-7-8-20(28-18)29(24,25)22-9-1-2-10-22/h3-8,11-12H,1-2,9-10,13-15H2. The highest BCUT2D eigenvalue weighted by atomic mass is 32.2. The molecule has 29 heavy (non-hydrogen) atoms. The van der Waals surface area contributed by atoms with Crippen LogP contribution in [0.3, 0.4) is 0 Å². The van der Waals surface area contributed by atoms with E-state index in [9.17, 15) is 13.2 Å². The fraction of sp³-hybridized carbons (Fsp3) is 0.350. The lowest BCUT2D eigenvalue weighted by molar-refractivity contribution is -0.132. The van der Waals surface area contributed by atoms with Crippen LogP contribution < -0.4 is 0 Å². The first-order valence-corrected chi connectivity index (χ1v) is 11.7. The molecule has 0 N–H and O–H groups in total. The van der Waals surface area contributed by atoms with E-state index < -0.39 is 10.0 Å². The van der Waals surface area contributed by atoms with Gasteiger partial charge in [0.25, 0.3) is 10.0 Å². The first-order chi connectivity index (χ1) is 14.0. The summed E-state index contributed by atoms with van der Waals surface area (Å²) in [6.07, 6.45) is 5.05. The number of sulfonamides is 1. The summed E-state index contributed by atoms with van der Waals surface area (Å²) >= 11 is 1.16. The minimum Gasteiger partial charge on any atom is -0.467 e. The smallest absolute Gasteiger partial charge is 0.252 e. The van der Waals surface area contributed by atoms with Crippen LogP contribution in [0.25, 0.3) is 0 Å². The van der Waals surface area contributed by atoms with Crippen LogP contribution in [-0.2, 0) is 34.3 Å². The van der Waals surface area contributed by atoms with Crippen LogP contribution in [0.2, 0.25) is 0 Å². The number of thiophene rings is 1. The number of carbonyl (C=O) groups excluding carboxylic acids is 1. The second-order valence-corrected chi connectivity index (χ2v) is 10.3. The summed E-state index contributed by atoms with van der Waals surface area (Å²) in [5, 5.41) is 0. The predicted molar refractivity (Wildman–Crippen MR) is 108 cm³/mol. The van der Waals surface area contributed by atoms with Crippen molar-refractivity contribution in [3.63, 3.8) is 0 Å². The molecule has 0 radical (unpaired) electrons. The molecule has 4 heterocycles. The van der Waals surface area contributed by atoms with E-state index in [1.54, 1.807) is 41.7 Å². The maximum atomic E-state index is 13.0. The highest BCUT2D eigenvalue weighted by molar-refractivity contribution is 7.91. The Morgan fingerprint density at radius 3 is 2.17 bits per heavy atom. The molecule has 1 aliphatic rings. The number of amides is 1. The van der Waals surface area contributed by atoms with E-state index >= 15 is 0 Å². The minimum absolute atomic E-state index is 0.121. The van der Waals surface area contributed by atoms with Crippen molar-refractivity contribution in [3.8, 4) is 0 Å². The van der Waals surface area contributed by atoms with E-state index in [0.717, 1.165) is 29.1 Å². The van der Waals surface area contributed by atoms with Gasteiger partial charge in [-0.25, -0.2) is 8.42 Å². The summed E-state index contributed by atoms with van der Waals surface area (Å²) in [5.41, 5.74) is 0. The predicted octanol–water partition coefficient (Wildman–Crippen LogP) is 3.49. The zero-order valence-electron chi connectivity index (χ0n) is 15.8. The van der Waals surface area contributed by atoms with Gasteiger partial charge in [-0.05, 0) is 49.2 Å². The SMILES string of the molecule is O=C(Cc1ccc(S(=O)(=O)N2CCCC2)s1)N(Cc1ccco1)Cc1ccco1. The molecule has 0 aromatic carbocycles. The molecule has 4 rings (SSSR count). The zero-order valence-corrected chi connectivity index (χ0v) is 17.5. The van der Waals surface area contributed by atoms with Crippen molar-refractivity contribution >= 4 is 27.3 Å². The van der Waals surface area contributed by atoms with Crippen LogP contribution in [0, 0.1) is 0 Å². The van der Waals surface area contributed by atoms with Crippen LogP contribution in [-0.4, -0.2) is 36.6 Å². The summed E-state index contributed by atoms with van der Waals surface area (Å²) in [6.45, 7) is 1.76. The van der Waals surface area contributed by atoms with Crippen LogP contribution in [0.1, 0.15) is 29.2 Å². The molecule has 0 atom stereocenters. The molecule has 0 unspecified atom stereocenters. The molecular weight excluding hydrogens is 412 g/mol. The average Bonchev–Trinajstić information content (AvgIpc) is 3.49. The number of furan rings is 2. The third kappa shape index (κ3) is 4.63. The molecule has 1 fully saturated rings. The van der Waals surface area contributed by atoms with Crippen LogP contribution in [0.15, 0.2) is 62.0 Å². The van der Waals surface area contributed by atoms with E-state index in [2.05, 4.69) is 0 Å². The third-order valence-electron chi connectivity index (χ3n) is 4.83. The van der Waals surface area contributed by atoms with Gasteiger partial charge in [0.05, 0.1) is 32.0 Å². The van der Waals surface area contributed by atoms with Crippen molar-refractivity contribution in [2.45, 2.75) is 36.6 Å². The van der Waals surface area contributed by atoms with Gasteiger partial charge >= 0.3 is 0 Å². The van der Waals surface area contributed by atoms with Crippen LogP contribution in [0.4, 0.5) is 0 Å². The Kier molecular flexibility index (Phi) is 5.89. The first-order valence-electron chi connectivity index (χ1n) is 9.44. The van der Waals surface area contributed by atoms with Gasteiger partial charge in [0.1, 0.15) is 15.7 Å². The number of hydrogen-bond donors (Lipinski definition) is 0. The van der Waals surface area contributed by atoms with Gasteiger partial charge in [0, 0.05) is 18.0 Å². The molecule has 1 saturated heterocycles. The fourth-order valence-electron chi connectivity index (χ4n) is 3.32. The Morgan fingerprint density at radius 1 is 1.00 bits per heavy atom. The number of rotatable bonds is 8. The van der Waals surface area contributed by atoms with Crippen LogP contribution >= 0.6 is 11.3 Å². The molecule has 9 heteroatoms. The summed E-state index contributed by atoms with van der Waals surface area (Å²) < 4.78 is 38.0. The topological polar surface area (TPSA) is 84.0 Å². The Balaban J connectivity index is 1.47. The van der Waals surface area contributed by atoms with Crippen molar-refractivity contribution < 1.29 is 22.0 Å². The lowest BCUT2D eigenvalue weighted by Gasteiger charge is -2.20. The maximum absolute atomic E-state index is 13.0. The molecule has 1 aliphatic heterocycles. The Bertz CT molecular complexity index is 997. The molecule has 0 aliphatic carbocycles. The average molecular weight is 435 g/mol. The van der Waals surface area contributed by atoms with Crippen molar-refractivity contribution in [2.24, 2.45) is 0 Å². The summed E-state index contributed by atoms with van der Waals surface area (Å²) in [7, 11) is -3.46. The van der Waals surface area contributed by atoms with Crippen LogP contribution in [0.5, 0.6) is 0 Å². The van der Waals surface area contributed by atoms with Gasteiger partial charge in [-0.15, -0.1) is 11.3 Å². The van der Waals surface area contributed by atoms with E-state index in [0.29, 0.717) is 41.9 Å². The lowest BCUT2D eigenvalue weighted by atomic mass is 10.2. The van der Waals surface area contributed by atoms with E-state index in [1.807, 2.05) is 12.1 Å². The fourth-order valence-corrected chi connectivity index (χ4v) is 6.34. The van der Waals surface area contributed by atoms with Gasteiger partial charge in [0.2, 0.25) is 5.91 Å². The normalized spacial score (nSPS) is 15.0. The molecule has 3 aromatic heterocycles. The van der Waals surface area contributed by atoms with Crippen molar-refractivity contribution in [3.05, 3.63) is 65.3 Å². The molecule has 3 aromatic rings. The number of carbonyl (C=O) groups is 1. The summed E-state index contributed by atoms with van der Waals surface area (Å²) in [6, 6.07) is 10.5. The maximum Gasteiger partial charge on any atom is 0.252 e. The second kappa shape index (κ2) is 8.56. The largest absolute Gasteiger partial charge is 0.467 e. The number of hydrogen-bond acceptors (Lipinski definition) is 6. The summed E-state index contributed by atoms with van der Waals surface area (Å²) in [4.78, 5) is 15.3. The van der Waals surface area contributed by atoms with Gasteiger partial charge in [0.15, 0.2) is 0 Å². The van der Waals surface area contributed by atoms with Gasteiger partial charge in [-0.3, -0.25) is 4.79 Å². The summed E-state index contributed by atoms with van der Waals surface area (Å²) in [5.74, 6) is 1.23. The quantitative estimate of drug-likeness (QED) is 0.542. The van der Waals surface area contributed by atoms with E-state index in [-0.39, 0.29) is 12.3 Å². The highest BCUT2D eigenvalue weighted by Gasteiger charge is 2.29. The van der Waals surface area contributed by atoms with Crippen molar-refractivity contribution in [1.29, 1.82) is 0 Å².